The van der Waals surface area contributed by atoms with Gasteiger partial charge in [0, 0.05) is 5.92 Å². The number of hydrogen-bond acceptors (Lipinski definition) is 1. The fraction of sp³-hybridized carbons (Fsp3) is 0.875. The van der Waals surface area contributed by atoms with Gasteiger partial charge in [-0.2, -0.15) is 0 Å². The summed E-state index contributed by atoms with van der Waals surface area (Å²) < 4.78 is 0. The number of rotatable bonds is 4. The molecule has 0 spiro atoms. The lowest BCUT2D eigenvalue weighted by molar-refractivity contribution is -0.122. The predicted octanol–water partition coefficient (Wildman–Crippen LogP) is 1.54. The van der Waals surface area contributed by atoms with E-state index in [2.05, 4.69) is 13.8 Å². The number of carbonyl (C=O) groups excluding carboxylic acids is 1. The molecule has 0 aliphatic heterocycles. The summed E-state index contributed by atoms with van der Waals surface area (Å²) in [5.74, 6) is 0.494. The molecule has 0 radical (unpaired) electrons. The van der Waals surface area contributed by atoms with Crippen LogP contribution in [-0.2, 0) is 4.79 Å². The minimum absolute atomic E-state index is 0.0833. The van der Waals surface area contributed by atoms with Crippen molar-refractivity contribution in [3.8, 4) is 0 Å². The molecule has 0 saturated heterocycles. The first-order valence-corrected chi connectivity index (χ1v) is 3.87. The standard InChI is InChI=1S/C8H17NO/c1-4-7(8(9)10)5-6(2)3/h6-7H,4-5H2,1-3H3,(H2,9,10)/t7-/m0/s1. The predicted molar refractivity (Wildman–Crippen MR) is 42.4 cm³/mol. The van der Waals surface area contributed by atoms with Crippen molar-refractivity contribution in [1.29, 1.82) is 0 Å². The molecule has 0 aliphatic carbocycles. The van der Waals surface area contributed by atoms with Gasteiger partial charge in [-0.25, -0.2) is 0 Å². The maximum atomic E-state index is 10.7. The lowest BCUT2D eigenvalue weighted by Crippen LogP contribution is -2.23. The summed E-state index contributed by atoms with van der Waals surface area (Å²) >= 11 is 0. The van der Waals surface area contributed by atoms with Gasteiger partial charge in [0.1, 0.15) is 0 Å². The Bertz CT molecular complexity index is 110. The van der Waals surface area contributed by atoms with E-state index >= 15 is 0 Å². The molecule has 0 rings (SSSR count). The normalized spacial score (nSPS) is 13.6. The molecule has 0 aromatic rings. The van der Waals surface area contributed by atoms with Crippen LogP contribution in [0.15, 0.2) is 0 Å². The van der Waals surface area contributed by atoms with Gasteiger partial charge in [0.15, 0.2) is 0 Å². The molecule has 2 heteroatoms. The van der Waals surface area contributed by atoms with Crippen molar-refractivity contribution < 1.29 is 4.79 Å². The van der Waals surface area contributed by atoms with Crippen LogP contribution in [0.2, 0.25) is 0 Å². The van der Waals surface area contributed by atoms with E-state index in [9.17, 15) is 4.79 Å². The van der Waals surface area contributed by atoms with Gasteiger partial charge in [-0.15, -0.1) is 0 Å². The minimum Gasteiger partial charge on any atom is -0.369 e. The van der Waals surface area contributed by atoms with Crippen LogP contribution in [-0.4, -0.2) is 5.91 Å². The van der Waals surface area contributed by atoms with E-state index in [0.717, 1.165) is 12.8 Å². The average molecular weight is 143 g/mol. The molecule has 0 bridgehead atoms. The van der Waals surface area contributed by atoms with Crippen LogP contribution in [0, 0.1) is 11.8 Å². The van der Waals surface area contributed by atoms with E-state index in [1.165, 1.54) is 0 Å². The van der Waals surface area contributed by atoms with Gasteiger partial charge in [0.2, 0.25) is 5.91 Å². The SMILES string of the molecule is CC[C@@H](CC(C)C)C(N)=O. The third-order valence-electron chi connectivity index (χ3n) is 1.65. The maximum absolute atomic E-state index is 10.7. The smallest absolute Gasteiger partial charge is 0.220 e. The second kappa shape index (κ2) is 4.31. The Morgan fingerprint density at radius 1 is 1.50 bits per heavy atom. The van der Waals surface area contributed by atoms with Crippen molar-refractivity contribution in [3.05, 3.63) is 0 Å². The first kappa shape index (κ1) is 9.47. The zero-order valence-electron chi connectivity index (χ0n) is 7.05. The monoisotopic (exact) mass is 143 g/mol. The Labute approximate surface area is 62.8 Å². The molecule has 0 saturated carbocycles. The molecular formula is C8H17NO. The van der Waals surface area contributed by atoms with Crippen molar-refractivity contribution in [3.63, 3.8) is 0 Å². The molecule has 0 aromatic carbocycles. The summed E-state index contributed by atoms with van der Waals surface area (Å²) in [4.78, 5) is 10.7. The summed E-state index contributed by atoms with van der Waals surface area (Å²) in [6.45, 7) is 6.20. The van der Waals surface area contributed by atoms with Crippen molar-refractivity contribution in [2.24, 2.45) is 17.6 Å². The van der Waals surface area contributed by atoms with Crippen LogP contribution in [0.3, 0.4) is 0 Å². The van der Waals surface area contributed by atoms with E-state index in [1.807, 2.05) is 6.92 Å². The Morgan fingerprint density at radius 3 is 2.10 bits per heavy atom. The van der Waals surface area contributed by atoms with E-state index in [1.54, 1.807) is 0 Å². The number of nitrogens with two attached hydrogens (primary N) is 1. The third-order valence-corrected chi connectivity index (χ3v) is 1.65. The second-order valence-electron chi connectivity index (χ2n) is 3.14. The fourth-order valence-electron chi connectivity index (χ4n) is 1.05. The van der Waals surface area contributed by atoms with E-state index in [0.29, 0.717) is 5.92 Å². The lowest BCUT2D eigenvalue weighted by atomic mass is 9.94. The quantitative estimate of drug-likeness (QED) is 0.637. The molecule has 1 atom stereocenters. The third kappa shape index (κ3) is 3.49. The van der Waals surface area contributed by atoms with Gasteiger partial charge in [0.25, 0.3) is 0 Å². The summed E-state index contributed by atoms with van der Waals surface area (Å²) in [7, 11) is 0. The van der Waals surface area contributed by atoms with Crippen molar-refractivity contribution in [2.75, 3.05) is 0 Å². The molecule has 2 N–H and O–H groups in total. The largest absolute Gasteiger partial charge is 0.369 e. The van der Waals surface area contributed by atoms with Gasteiger partial charge in [-0.3, -0.25) is 4.79 Å². The van der Waals surface area contributed by atoms with Crippen molar-refractivity contribution in [2.45, 2.75) is 33.6 Å². The van der Waals surface area contributed by atoms with Crippen LogP contribution in [0.4, 0.5) is 0 Å². The minimum atomic E-state index is -0.156. The summed E-state index contributed by atoms with van der Waals surface area (Å²) in [6, 6.07) is 0. The van der Waals surface area contributed by atoms with Gasteiger partial charge in [-0.1, -0.05) is 20.8 Å². The first-order valence-electron chi connectivity index (χ1n) is 3.87. The molecule has 0 aliphatic rings. The highest BCUT2D eigenvalue weighted by Gasteiger charge is 2.13. The van der Waals surface area contributed by atoms with Crippen LogP contribution in [0.1, 0.15) is 33.6 Å². The number of amides is 1. The number of primary amides is 1. The fourth-order valence-corrected chi connectivity index (χ4v) is 1.05. The highest BCUT2D eigenvalue weighted by Crippen LogP contribution is 2.13. The lowest BCUT2D eigenvalue weighted by Gasteiger charge is -2.12. The first-order chi connectivity index (χ1) is 4.57. The highest BCUT2D eigenvalue weighted by atomic mass is 16.1. The van der Waals surface area contributed by atoms with Crippen LogP contribution in [0.5, 0.6) is 0 Å². The van der Waals surface area contributed by atoms with Crippen LogP contribution >= 0.6 is 0 Å². The molecule has 0 heterocycles. The molecular weight excluding hydrogens is 126 g/mol. The van der Waals surface area contributed by atoms with Gasteiger partial charge < -0.3 is 5.73 Å². The highest BCUT2D eigenvalue weighted by molar-refractivity contribution is 5.76. The topological polar surface area (TPSA) is 43.1 Å². The van der Waals surface area contributed by atoms with Gasteiger partial charge >= 0.3 is 0 Å². The second-order valence-corrected chi connectivity index (χ2v) is 3.14. The Balaban J connectivity index is 3.72. The molecule has 1 amide bonds. The van der Waals surface area contributed by atoms with Crippen molar-refractivity contribution in [1.82, 2.24) is 0 Å². The van der Waals surface area contributed by atoms with E-state index < -0.39 is 0 Å². The summed E-state index contributed by atoms with van der Waals surface area (Å²) in [5.41, 5.74) is 5.16. The van der Waals surface area contributed by atoms with Gasteiger partial charge in [-0.05, 0) is 18.8 Å². The maximum Gasteiger partial charge on any atom is 0.220 e. The number of hydrogen-bond donors (Lipinski definition) is 1. The molecule has 0 unspecified atom stereocenters. The Kier molecular flexibility index (Phi) is 4.08. The zero-order valence-corrected chi connectivity index (χ0v) is 7.05. The molecule has 10 heavy (non-hydrogen) atoms. The number of carbonyl (C=O) groups is 1. The van der Waals surface area contributed by atoms with E-state index in [-0.39, 0.29) is 11.8 Å². The molecule has 0 fully saturated rings. The Morgan fingerprint density at radius 2 is 2.00 bits per heavy atom. The molecule has 0 aromatic heterocycles. The average Bonchev–Trinajstić information content (AvgIpc) is 1.81. The Hall–Kier alpha value is -0.530. The van der Waals surface area contributed by atoms with E-state index in [4.69, 9.17) is 5.73 Å². The summed E-state index contributed by atoms with van der Waals surface area (Å²) in [5, 5.41) is 0. The molecule has 60 valence electrons. The van der Waals surface area contributed by atoms with Crippen molar-refractivity contribution >= 4 is 5.91 Å². The summed E-state index contributed by atoms with van der Waals surface area (Å²) in [6.07, 6.45) is 1.79. The van der Waals surface area contributed by atoms with Crippen LogP contribution in [0.25, 0.3) is 0 Å². The molecule has 2 nitrogen and oxygen atoms in total. The van der Waals surface area contributed by atoms with Gasteiger partial charge in [0.05, 0.1) is 0 Å². The van der Waals surface area contributed by atoms with Crippen LogP contribution < -0.4 is 5.73 Å². The zero-order chi connectivity index (χ0) is 8.15.